The van der Waals surface area contributed by atoms with Crippen molar-refractivity contribution < 1.29 is 0 Å². The van der Waals surface area contributed by atoms with Crippen LogP contribution in [0, 0.1) is 0 Å². The zero-order valence-corrected chi connectivity index (χ0v) is 14.7. The number of nitrogens with one attached hydrogen (secondary N) is 1. The quantitative estimate of drug-likeness (QED) is 0.749. The minimum Gasteiger partial charge on any atom is -0.309 e. The fourth-order valence-electron chi connectivity index (χ4n) is 2.77. The molecule has 1 aromatic carbocycles. The molecule has 0 spiro atoms. The summed E-state index contributed by atoms with van der Waals surface area (Å²) in [6, 6.07) is 6.42. The van der Waals surface area contributed by atoms with Crippen LogP contribution in [0.25, 0.3) is 0 Å². The van der Waals surface area contributed by atoms with E-state index < -0.39 is 0 Å². The van der Waals surface area contributed by atoms with Crippen LogP contribution in [0.4, 0.5) is 0 Å². The lowest BCUT2D eigenvalue weighted by atomic mass is 10.0. The molecule has 1 saturated carbocycles. The van der Waals surface area contributed by atoms with Crippen LogP contribution in [0.2, 0.25) is 5.02 Å². The first-order chi connectivity index (χ1) is 9.06. The van der Waals surface area contributed by atoms with Gasteiger partial charge in [0.05, 0.1) is 0 Å². The lowest BCUT2D eigenvalue weighted by molar-refractivity contribution is 0.486. The molecule has 106 valence electrons. The van der Waals surface area contributed by atoms with Crippen molar-refractivity contribution in [3.8, 4) is 0 Å². The summed E-state index contributed by atoms with van der Waals surface area (Å²) in [6.45, 7) is 3.26. The largest absolute Gasteiger partial charge is 0.309 e. The lowest BCUT2D eigenvalue weighted by Gasteiger charge is -2.29. The van der Waals surface area contributed by atoms with Gasteiger partial charge in [0.15, 0.2) is 0 Å². The highest BCUT2D eigenvalue weighted by molar-refractivity contribution is 9.10. The molecule has 19 heavy (non-hydrogen) atoms. The fraction of sp³-hybridized carbons (Fsp3) is 0.600. The van der Waals surface area contributed by atoms with E-state index in [2.05, 4.69) is 46.6 Å². The predicted molar refractivity (Wildman–Crippen MR) is 90.3 cm³/mol. The Morgan fingerprint density at radius 2 is 2.11 bits per heavy atom. The maximum atomic E-state index is 6.31. The first-order valence-electron chi connectivity index (χ1n) is 6.80. The fourth-order valence-corrected chi connectivity index (χ4v) is 4.54. The molecule has 1 aliphatic rings. The van der Waals surface area contributed by atoms with E-state index in [4.69, 9.17) is 11.6 Å². The van der Waals surface area contributed by atoms with Gasteiger partial charge in [-0.2, -0.15) is 11.8 Å². The summed E-state index contributed by atoms with van der Waals surface area (Å²) in [5.41, 5.74) is 1.18. The Kier molecular flexibility index (Phi) is 5.65. The minimum absolute atomic E-state index is 0.297. The average Bonchev–Trinajstić information content (AvgIpc) is 2.85. The third kappa shape index (κ3) is 3.90. The van der Waals surface area contributed by atoms with E-state index in [9.17, 15) is 0 Å². The monoisotopic (exact) mass is 361 g/mol. The molecule has 4 heteroatoms. The van der Waals surface area contributed by atoms with E-state index in [1.54, 1.807) is 0 Å². The van der Waals surface area contributed by atoms with Crippen molar-refractivity contribution in [2.75, 3.05) is 12.8 Å². The van der Waals surface area contributed by atoms with Gasteiger partial charge in [-0.25, -0.2) is 0 Å². The van der Waals surface area contributed by atoms with E-state index in [0.717, 1.165) is 16.0 Å². The van der Waals surface area contributed by atoms with Crippen LogP contribution in [-0.4, -0.2) is 17.5 Å². The van der Waals surface area contributed by atoms with Crippen LogP contribution < -0.4 is 5.32 Å². The van der Waals surface area contributed by atoms with Crippen molar-refractivity contribution in [1.82, 2.24) is 5.32 Å². The van der Waals surface area contributed by atoms with Gasteiger partial charge in [0.1, 0.15) is 0 Å². The number of benzene rings is 1. The second-order valence-electron chi connectivity index (χ2n) is 5.36. The third-order valence-electron chi connectivity index (χ3n) is 4.11. The van der Waals surface area contributed by atoms with Gasteiger partial charge in [-0.3, -0.25) is 0 Å². The first-order valence-corrected chi connectivity index (χ1v) is 9.19. The van der Waals surface area contributed by atoms with Gasteiger partial charge in [-0.15, -0.1) is 0 Å². The van der Waals surface area contributed by atoms with Gasteiger partial charge in [0.25, 0.3) is 0 Å². The van der Waals surface area contributed by atoms with Crippen molar-refractivity contribution in [3.05, 3.63) is 33.3 Å². The second kappa shape index (κ2) is 6.84. The highest BCUT2D eigenvalue weighted by atomic mass is 79.9. The molecule has 0 bridgehead atoms. The molecular weight excluding hydrogens is 342 g/mol. The molecule has 1 unspecified atom stereocenters. The molecule has 1 N–H and O–H groups in total. The van der Waals surface area contributed by atoms with Gasteiger partial charge in [-0.05, 0) is 43.7 Å². The molecule has 0 radical (unpaired) electrons. The molecular formula is C15H21BrClNS. The Labute approximate surface area is 134 Å². The Morgan fingerprint density at radius 3 is 2.68 bits per heavy atom. The summed E-state index contributed by atoms with van der Waals surface area (Å²) in [5.74, 6) is 0. The molecule has 0 heterocycles. The zero-order valence-electron chi connectivity index (χ0n) is 11.5. The summed E-state index contributed by atoms with van der Waals surface area (Å²) < 4.78 is 1.47. The topological polar surface area (TPSA) is 12.0 Å². The number of rotatable bonds is 5. The van der Waals surface area contributed by atoms with Gasteiger partial charge in [-0.1, -0.05) is 46.4 Å². The molecule has 1 aliphatic carbocycles. The van der Waals surface area contributed by atoms with Crippen LogP contribution in [0.5, 0.6) is 0 Å². The molecule has 0 amide bonds. The highest BCUT2D eigenvalue weighted by Crippen LogP contribution is 2.40. The lowest BCUT2D eigenvalue weighted by Crippen LogP contribution is -2.36. The highest BCUT2D eigenvalue weighted by Gasteiger charge is 2.33. The first kappa shape index (κ1) is 15.7. The average molecular weight is 363 g/mol. The Balaban J connectivity index is 1.99. The molecule has 0 saturated heterocycles. The molecule has 0 aliphatic heterocycles. The van der Waals surface area contributed by atoms with E-state index in [1.807, 2.05) is 17.8 Å². The Hall–Kier alpha value is 0.300. The third-order valence-corrected chi connectivity index (χ3v) is 6.35. The molecule has 2 rings (SSSR count). The van der Waals surface area contributed by atoms with Gasteiger partial charge < -0.3 is 5.32 Å². The maximum Gasteiger partial charge on any atom is 0.0464 e. The van der Waals surface area contributed by atoms with E-state index in [1.165, 1.54) is 31.2 Å². The normalized spacial score (nSPS) is 19.6. The predicted octanol–water partition coefficient (Wildman–Crippen LogP) is 5.43. The molecule has 1 aromatic rings. The zero-order chi connectivity index (χ0) is 13.9. The van der Waals surface area contributed by atoms with Crippen LogP contribution >= 0.6 is 39.3 Å². The summed E-state index contributed by atoms with van der Waals surface area (Å²) in [4.78, 5) is 0. The van der Waals surface area contributed by atoms with Crippen molar-refractivity contribution in [2.24, 2.45) is 0 Å². The second-order valence-corrected chi connectivity index (χ2v) is 7.96. The molecule has 1 nitrogen and oxygen atoms in total. The van der Waals surface area contributed by atoms with Crippen LogP contribution in [0.3, 0.4) is 0 Å². The SMILES string of the molecule is CSC1(CNC(C)c2ccc(Br)cc2Cl)CCCC1. The standard InChI is InChI=1S/C15H21BrClNS/c1-11(13-6-5-12(16)9-14(13)17)18-10-15(19-2)7-3-4-8-15/h5-6,9,11,18H,3-4,7-8,10H2,1-2H3. The van der Waals surface area contributed by atoms with E-state index in [-0.39, 0.29) is 0 Å². The van der Waals surface area contributed by atoms with Gasteiger partial charge in [0, 0.05) is 26.8 Å². The molecule has 0 aromatic heterocycles. The van der Waals surface area contributed by atoms with Crippen molar-refractivity contribution in [3.63, 3.8) is 0 Å². The van der Waals surface area contributed by atoms with Crippen molar-refractivity contribution in [1.29, 1.82) is 0 Å². The molecule has 1 fully saturated rings. The maximum absolute atomic E-state index is 6.31. The molecule has 1 atom stereocenters. The summed E-state index contributed by atoms with van der Waals surface area (Å²) in [6.07, 6.45) is 7.65. The van der Waals surface area contributed by atoms with Crippen molar-refractivity contribution in [2.45, 2.75) is 43.4 Å². The van der Waals surface area contributed by atoms with Gasteiger partial charge in [0.2, 0.25) is 0 Å². The summed E-state index contributed by atoms with van der Waals surface area (Å²) in [5, 5.41) is 4.50. The minimum atomic E-state index is 0.297. The number of hydrogen-bond acceptors (Lipinski definition) is 2. The van der Waals surface area contributed by atoms with E-state index >= 15 is 0 Å². The summed E-state index contributed by atoms with van der Waals surface area (Å²) in [7, 11) is 0. The smallest absolute Gasteiger partial charge is 0.0464 e. The summed E-state index contributed by atoms with van der Waals surface area (Å²) >= 11 is 11.8. The van der Waals surface area contributed by atoms with E-state index in [0.29, 0.717) is 10.8 Å². The Morgan fingerprint density at radius 1 is 1.42 bits per heavy atom. The number of halogens is 2. The van der Waals surface area contributed by atoms with Crippen LogP contribution in [0.1, 0.15) is 44.2 Å². The van der Waals surface area contributed by atoms with Gasteiger partial charge >= 0.3 is 0 Å². The Bertz CT molecular complexity index is 432. The number of thioether (sulfide) groups is 1. The van der Waals surface area contributed by atoms with Crippen molar-refractivity contribution >= 4 is 39.3 Å². The van der Waals surface area contributed by atoms with Crippen LogP contribution in [-0.2, 0) is 0 Å². The van der Waals surface area contributed by atoms with Crippen LogP contribution in [0.15, 0.2) is 22.7 Å². The number of hydrogen-bond donors (Lipinski definition) is 1.